The summed E-state index contributed by atoms with van der Waals surface area (Å²) in [6, 6.07) is 0. The first-order valence-electron chi connectivity index (χ1n) is 9.55. The van der Waals surface area contributed by atoms with Crippen LogP contribution in [0.3, 0.4) is 0 Å². The molecule has 1 amide bonds. The van der Waals surface area contributed by atoms with Gasteiger partial charge in [-0.15, -0.1) is 0 Å². The minimum Gasteiger partial charge on any atom is -0.385 e. The van der Waals surface area contributed by atoms with E-state index in [4.69, 9.17) is 4.74 Å². The SMILES string of the molecule is C=C(/C=C(F)\C(=C/C)C1(NC(=O)c2cnn3cc(C)cnc23)COCC1(C)O)C(F)(F)F. The second kappa shape index (κ2) is 8.14. The fourth-order valence-electron chi connectivity index (χ4n) is 3.58. The predicted octanol–water partition coefficient (Wildman–Crippen LogP) is 3.21. The quantitative estimate of drug-likeness (QED) is 0.535. The van der Waals surface area contributed by atoms with Crippen molar-refractivity contribution in [2.24, 2.45) is 0 Å². The topological polar surface area (TPSA) is 88.8 Å². The number of rotatable bonds is 5. The van der Waals surface area contributed by atoms with Gasteiger partial charge in [0.25, 0.3) is 5.91 Å². The molecule has 0 spiro atoms. The van der Waals surface area contributed by atoms with Crippen molar-refractivity contribution in [3.05, 3.63) is 65.4 Å². The summed E-state index contributed by atoms with van der Waals surface area (Å²) in [5.41, 5.74) is -4.48. The molecule has 32 heavy (non-hydrogen) atoms. The molecule has 0 radical (unpaired) electrons. The fourth-order valence-corrected chi connectivity index (χ4v) is 3.58. The van der Waals surface area contributed by atoms with Gasteiger partial charge in [-0.05, 0) is 32.4 Å². The Hall–Kier alpha value is -3.05. The maximum atomic E-state index is 15.1. The van der Waals surface area contributed by atoms with Gasteiger partial charge in [-0.3, -0.25) is 4.79 Å². The van der Waals surface area contributed by atoms with Gasteiger partial charge in [0.15, 0.2) is 5.65 Å². The number of fused-ring (bicyclic) bond motifs is 1. The normalized spacial score (nSPS) is 24.8. The molecule has 1 saturated heterocycles. The third-order valence-corrected chi connectivity index (χ3v) is 5.35. The summed E-state index contributed by atoms with van der Waals surface area (Å²) in [7, 11) is 0. The smallest absolute Gasteiger partial charge is 0.385 e. The predicted molar refractivity (Wildman–Crippen MR) is 108 cm³/mol. The fraction of sp³-hybridized carbons (Fsp3) is 0.381. The van der Waals surface area contributed by atoms with Crippen LogP contribution in [-0.4, -0.2) is 56.1 Å². The molecule has 11 heteroatoms. The van der Waals surface area contributed by atoms with Crippen LogP contribution in [0.25, 0.3) is 5.65 Å². The van der Waals surface area contributed by atoms with E-state index in [2.05, 4.69) is 22.0 Å². The lowest BCUT2D eigenvalue weighted by Crippen LogP contribution is -2.64. The third-order valence-electron chi connectivity index (χ3n) is 5.35. The van der Waals surface area contributed by atoms with Crippen LogP contribution in [-0.2, 0) is 4.74 Å². The lowest BCUT2D eigenvalue weighted by atomic mass is 9.76. The Morgan fingerprint density at radius 1 is 1.38 bits per heavy atom. The number of nitrogens with one attached hydrogen (secondary N) is 1. The van der Waals surface area contributed by atoms with E-state index in [-0.39, 0.29) is 36.1 Å². The van der Waals surface area contributed by atoms with E-state index < -0.39 is 34.6 Å². The van der Waals surface area contributed by atoms with Crippen LogP contribution in [0.1, 0.15) is 29.8 Å². The van der Waals surface area contributed by atoms with Crippen molar-refractivity contribution in [2.45, 2.75) is 38.1 Å². The van der Waals surface area contributed by atoms with Crippen molar-refractivity contribution in [2.75, 3.05) is 13.2 Å². The zero-order valence-electron chi connectivity index (χ0n) is 17.6. The summed E-state index contributed by atoms with van der Waals surface area (Å²) in [5.74, 6) is -2.07. The van der Waals surface area contributed by atoms with E-state index in [9.17, 15) is 23.1 Å². The van der Waals surface area contributed by atoms with Crippen molar-refractivity contribution < 1.29 is 32.2 Å². The van der Waals surface area contributed by atoms with Gasteiger partial charge in [-0.1, -0.05) is 12.7 Å². The Kier molecular flexibility index (Phi) is 6.00. The molecule has 2 unspecified atom stereocenters. The highest BCUT2D eigenvalue weighted by molar-refractivity contribution is 6.00. The molecule has 3 rings (SSSR count). The minimum absolute atomic E-state index is 0.0339. The van der Waals surface area contributed by atoms with Gasteiger partial charge in [-0.2, -0.15) is 18.3 Å². The molecule has 0 aliphatic carbocycles. The van der Waals surface area contributed by atoms with Gasteiger partial charge in [0.1, 0.15) is 22.5 Å². The molecule has 172 valence electrons. The highest BCUT2D eigenvalue weighted by atomic mass is 19.4. The Balaban J connectivity index is 2.05. The van der Waals surface area contributed by atoms with E-state index in [1.807, 2.05) is 0 Å². The molecule has 0 bridgehead atoms. The number of hydrogen-bond acceptors (Lipinski definition) is 5. The number of allylic oxidation sites excluding steroid dienone is 3. The summed E-state index contributed by atoms with van der Waals surface area (Å²) in [4.78, 5) is 17.3. The summed E-state index contributed by atoms with van der Waals surface area (Å²) in [6.45, 7) is 6.64. The molecular weight excluding hydrogens is 432 g/mol. The molecule has 1 aliphatic heterocycles. The van der Waals surface area contributed by atoms with E-state index in [1.165, 1.54) is 36.8 Å². The summed E-state index contributed by atoms with van der Waals surface area (Å²) in [5, 5.41) is 17.6. The molecule has 2 aromatic rings. The highest BCUT2D eigenvalue weighted by Gasteiger charge is 2.57. The van der Waals surface area contributed by atoms with Crippen LogP contribution in [0.4, 0.5) is 17.6 Å². The Morgan fingerprint density at radius 3 is 2.62 bits per heavy atom. The molecule has 1 aliphatic rings. The standard InChI is InChI=1S/C21H22F4N4O3/c1-5-15(16(22)6-13(3)21(23,24)25)20(11-32-10-19(20,4)31)28-18(30)14-8-27-29-9-12(2)7-26-17(14)29/h5-9,31H,3,10-11H2,1-2,4H3,(H,28,30)/b15-5+,16-6+. The average Bonchev–Trinajstić information content (AvgIpc) is 3.22. The van der Waals surface area contributed by atoms with E-state index in [1.54, 1.807) is 13.1 Å². The number of aryl methyl sites for hydroxylation is 1. The molecule has 2 aromatic heterocycles. The van der Waals surface area contributed by atoms with Crippen molar-refractivity contribution >= 4 is 11.6 Å². The number of halogens is 4. The number of aromatic nitrogens is 3. The van der Waals surface area contributed by atoms with Crippen molar-refractivity contribution in [3.63, 3.8) is 0 Å². The number of hydrogen-bond donors (Lipinski definition) is 2. The summed E-state index contributed by atoms with van der Waals surface area (Å²) < 4.78 is 60.4. The number of aliphatic hydroxyl groups is 1. The maximum absolute atomic E-state index is 15.1. The number of carbonyl (C=O) groups excluding carboxylic acids is 1. The van der Waals surface area contributed by atoms with Gasteiger partial charge in [0.2, 0.25) is 0 Å². The first kappa shape index (κ1) is 23.6. The third kappa shape index (κ3) is 4.05. The van der Waals surface area contributed by atoms with Crippen molar-refractivity contribution in [1.82, 2.24) is 19.9 Å². The molecule has 2 atom stereocenters. The van der Waals surface area contributed by atoms with Crippen molar-refractivity contribution in [3.8, 4) is 0 Å². The van der Waals surface area contributed by atoms with Crippen LogP contribution in [0.5, 0.6) is 0 Å². The average molecular weight is 454 g/mol. The zero-order valence-corrected chi connectivity index (χ0v) is 17.6. The Labute approximate surface area is 181 Å². The minimum atomic E-state index is -4.85. The van der Waals surface area contributed by atoms with Gasteiger partial charge in [0, 0.05) is 18.0 Å². The van der Waals surface area contributed by atoms with Crippen LogP contribution in [0.2, 0.25) is 0 Å². The molecule has 0 saturated carbocycles. The highest BCUT2D eigenvalue weighted by Crippen LogP contribution is 2.41. The molecule has 7 nitrogen and oxygen atoms in total. The lowest BCUT2D eigenvalue weighted by molar-refractivity contribution is -0.0879. The van der Waals surface area contributed by atoms with Gasteiger partial charge >= 0.3 is 6.18 Å². The number of carbonyl (C=O) groups is 1. The largest absolute Gasteiger partial charge is 0.415 e. The number of nitrogens with zero attached hydrogens (tertiary/aromatic N) is 3. The first-order chi connectivity index (χ1) is 14.8. The summed E-state index contributed by atoms with van der Waals surface area (Å²) >= 11 is 0. The van der Waals surface area contributed by atoms with E-state index in [0.29, 0.717) is 0 Å². The van der Waals surface area contributed by atoms with Crippen LogP contribution in [0.15, 0.2) is 54.3 Å². The lowest BCUT2D eigenvalue weighted by Gasteiger charge is -2.40. The number of alkyl halides is 3. The molecule has 1 fully saturated rings. The maximum Gasteiger partial charge on any atom is 0.415 e. The van der Waals surface area contributed by atoms with Gasteiger partial charge in [0.05, 0.1) is 25.0 Å². The number of ether oxygens (including phenoxy) is 1. The van der Waals surface area contributed by atoms with Crippen LogP contribution < -0.4 is 5.32 Å². The van der Waals surface area contributed by atoms with Crippen molar-refractivity contribution in [1.29, 1.82) is 0 Å². The molecule has 0 aromatic carbocycles. The van der Waals surface area contributed by atoms with E-state index >= 15 is 4.39 Å². The second-order valence-electron chi connectivity index (χ2n) is 7.80. The molecule has 2 N–H and O–H groups in total. The Morgan fingerprint density at radius 2 is 2.06 bits per heavy atom. The van der Waals surface area contributed by atoms with Gasteiger partial charge in [-0.25, -0.2) is 13.9 Å². The molecule has 3 heterocycles. The second-order valence-corrected chi connectivity index (χ2v) is 7.80. The molecular formula is C21H22F4N4O3. The monoisotopic (exact) mass is 454 g/mol. The van der Waals surface area contributed by atoms with Crippen LogP contribution in [0, 0.1) is 6.92 Å². The summed E-state index contributed by atoms with van der Waals surface area (Å²) in [6.07, 6.45) is 0.978. The van der Waals surface area contributed by atoms with Gasteiger partial charge < -0.3 is 15.2 Å². The zero-order chi connectivity index (χ0) is 23.9. The van der Waals surface area contributed by atoms with E-state index in [0.717, 1.165) is 5.56 Å². The Bertz CT molecular complexity index is 1130. The number of amides is 1. The van der Waals surface area contributed by atoms with Crippen LogP contribution >= 0.6 is 0 Å². The first-order valence-corrected chi connectivity index (χ1v) is 9.55.